The first-order chi connectivity index (χ1) is 6.63. The van der Waals surface area contributed by atoms with E-state index in [9.17, 15) is 0 Å². The van der Waals surface area contributed by atoms with Crippen molar-refractivity contribution in [3.05, 3.63) is 28.1 Å². The van der Waals surface area contributed by atoms with Crippen molar-refractivity contribution in [3.63, 3.8) is 0 Å². The third kappa shape index (κ3) is 1.29. The molecule has 2 aromatic rings. The van der Waals surface area contributed by atoms with Crippen LogP contribution in [0.4, 0.5) is 0 Å². The van der Waals surface area contributed by atoms with E-state index >= 15 is 0 Å². The zero-order valence-corrected chi connectivity index (χ0v) is 8.85. The van der Waals surface area contributed by atoms with Crippen molar-refractivity contribution in [2.24, 2.45) is 5.73 Å². The second kappa shape index (κ2) is 3.26. The van der Waals surface area contributed by atoms with Crippen LogP contribution >= 0.6 is 11.6 Å². The van der Waals surface area contributed by atoms with Gasteiger partial charge in [0.25, 0.3) is 0 Å². The molecule has 3 nitrogen and oxygen atoms in total. The van der Waals surface area contributed by atoms with Gasteiger partial charge in [-0.05, 0) is 31.0 Å². The lowest BCUT2D eigenvalue weighted by Gasteiger charge is -2.00. The molecule has 1 aromatic heterocycles. The molecule has 0 saturated heterocycles. The smallest absolute Gasteiger partial charge is 0.209 e. The summed E-state index contributed by atoms with van der Waals surface area (Å²) in [5.41, 5.74) is 8.96. The van der Waals surface area contributed by atoms with E-state index in [-0.39, 0.29) is 0 Å². The first-order valence-corrected chi connectivity index (χ1v) is 4.76. The van der Waals surface area contributed by atoms with Crippen LogP contribution in [0.15, 0.2) is 10.5 Å². The molecule has 4 heteroatoms. The minimum Gasteiger partial charge on any atom is -0.439 e. The Bertz CT molecular complexity index is 490. The molecule has 2 rings (SSSR count). The topological polar surface area (TPSA) is 52.0 Å². The van der Waals surface area contributed by atoms with Crippen molar-refractivity contribution in [1.29, 1.82) is 0 Å². The maximum Gasteiger partial charge on any atom is 0.209 e. The van der Waals surface area contributed by atoms with E-state index < -0.39 is 0 Å². The predicted octanol–water partition coefficient (Wildman–Crippen LogP) is 2.56. The van der Waals surface area contributed by atoms with Crippen LogP contribution in [0.2, 0.25) is 5.02 Å². The SMILES string of the molecule is Cc1cc2oc(CN)nc2c(C)c1Cl. The lowest BCUT2D eigenvalue weighted by atomic mass is 10.1. The third-order valence-corrected chi connectivity index (χ3v) is 2.83. The Balaban J connectivity index is 2.81. The highest BCUT2D eigenvalue weighted by Crippen LogP contribution is 2.28. The van der Waals surface area contributed by atoms with Gasteiger partial charge in [-0.2, -0.15) is 0 Å². The van der Waals surface area contributed by atoms with Gasteiger partial charge in [0, 0.05) is 5.02 Å². The summed E-state index contributed by atoms with van der Waals surface area (Å²) >= 11 is 6.10. The largest absolute Gasteiger partial charge is 0.439 e. The fourth-order valence-corrected chi connectivity index (χ4v) is 1.64. The van der Waals surface area contributed by atoms with E-state index in [0.29, 0.717) is 12.4 Å². The Morgan fingerprint density at radius 1 is 1.50 bits per heavy atom. The van der Waals surface area contributed by atoms with Gasteiger partial charge in [-0.1, -0.05) is 11.6 Å². The zero-order chi connectivity index (χ0) is 10.3. The lowest BCUT2D eigenvalue weighted by molar-refractivity contribution is 0.533. The maximum atomic E-state index is 6.10. The summed E-state index contributed by atoms with van der Waals surface area (Å²) in [6.45, 7) is 4.19. The van der Waals surface area contributed by atoms with Crippen molar-refractivity contribution in [2.75, 3.05) is 0 Å². The molecule has 0 bridgehead atoms. The summed E-state index contributed by atoms with van der Waals surface area (Å²) in [4.78, 5) is 4.26. The minimum absolute atomic E-state index is 0.310. The van der Waals surface area contributed by atoms with Gasteiger partial charge in [0.1, 0.15) is 5.52 Å². The van der Waals surface area contributed by atoms with Crippen LogP contribution < -0.4 is 5.73 Å². The molecule has 0 amide bonds. The van der Waals surface area contributed by atoms with E-state index in [4.69, 9.17) is 21.8 Å². The van der Waals surface area contributed by atoms with E-state index in [1.807, 2.05) is 19.9 Å². The molecule has 0 aliphatic carbocycles. The quantitative estimate of drug-likeness (QED) is 0.787. The number of hydrogen-bond acceptors (Lipinski definition) is 3. The molecule has 74 valence electrons. The van der Waals surface area contributed by atoms with E-state index in [0.717, 1.165) is 27.2 Å². The highest BCUT2D eigenvalue weighted by molar-refractivity contribution is 6.33. The van der Waals surface area contributed by atoms with Crippen LogP contribution in [-0.4, -0.2) is 4.98 Å². The fraction of sp³-hybridized carbons (Fsp3) is 0.300. The summed E-state index contributed by atoms with van der Waals surface area (Å²) in [6.07, 6.45) is 0. The van der Waals surface area contributed by atoms with Gasteiger partial charge in [0.05, 0.1) is 6.54 Å². The van der Waals surface area contributed by atoms with Gasteiger partial charge in [-0.25, -0.2) is 4.98 Å². The highest BCUT2D eigenvalue weighted by atomic mass is 35.5. The number of benzene rings is 1. The van der Waals surface area contributed by atoms with Crippen LogP contribution in [-0.2, 0) is 6.54 Å². The van der Waals surface area contributed by atoms with Crippen molar-refractivity contribution < 1.29 is 4.42 Å². The monoisotopic (exact) mass is 210 g/mol. The molecule has 0 atom stereocenters. The van der Waals surface area contributed by atoms with Crippen LogP contribution in [0.1, 0.15) is 17.0 Å². The van der Waals surface area contributed by atoms with Gasteiger partial charge >= 0.3 is 0 Å². The van der Waals surface area contributed by atoms with Gasteiger partial charge in [-0.3, -0.25) is 0 Å². The van der Waals surface area contributed by atoms with Crippen LogP contribution in [0.25, 0.3) is 11.1 Å². The number of aromatic nitrogens is 1. The van der Waals surface area contributed by atoms with Gasteiger partial charge in [0.2, 0.25) is 5.89 Å². The third-order valence-electron chi connectivity index (χ3n) is 2.25. The van der Waals surface area contributed by atoms with Gasteiger partial charge < -0.3 is 10.2 Å². The Kier molecular flexibility index (Phi) is 2.21. The van der Waals surface area contributed by atoms with Crippen molar-refractivity contribution in [1.82, 2.24) is 4.98 Å². The van der Waals surface area contributed by atoms with Gasteiger partial charge in [0.15, 0.2) is 5.58 Å². The number of halogens is 1. The van der Waals surface area contributed by atoms with Crippen molar-refractivity contribution in [3.8, 4) is 0 Å². The van der Waals surface area contributed by atoms with Crippen LogP contribution in [0, 0.1) is 13.8 Å². The molecule has 14 heavy (non-hydrogen) atoms. The van der Waals surface area contributed by atoms with Crippen LogP contribution in [0.5, 0.6) is 0 Å². The summed E-state index contributed by atoms with van der Waals surface area (Å²) < 4.78 is 5.44. The summed E-state index contributed by atoms with van der Waals surface area (Å²) in [6, 6.07) is 1.89. The second-order valence-electron chi connectivity index (χ2n) is 3.29. The Morgan fingerprint density at radius 3 is 2.86 bits per heavy atom. The molecule has 0 aliphatic heterocycles. The zero-order valence-electron chi connectivity index (χ0n) is 8.10. The summed E-state index contributed by atoms with van der Waals surface area (Å²) in [7, 11) is 0. The number of oxazole rings is 1. The summed E-state index contributed by atoms with van der Waals surface area (Å²) in [5, 5.41) is 0.745. The number of hydrogen-bond donors (Lipinski definition) is 1. The summed E-state index contributed by atoms with van der Waals surface area (Å²) in [5.74, 6) is 0.546. The number of nitrogens with two attached hydrogens (primary N) is 1. The molecule has 1 aromatic carbocycles. The van der Waals surface area contributed by atoms with Gasteiger partial charge in [-0.15, -0.1) is 0 Å². The Labute approximate surface area is 86.9 Å². The Morgan fingerprint density at radius 2 is 2.21 bits per heavy atom. The van der Waals surface area contributed by atoms with E-state index in [1.165, 1.54) is 0 Å². The van der Waals surface area contributed by atoms with Crippen molar-refractivity contribution in [2.45, 2.75) is 20.4 Å². The molecule has 0 saturated carbocycles. The standard InChI is InChI=1S/C10H11ClN2O/c1-5-3-7-10(6(2)9(5)11)13-8(4-12)14-7/h3H,4,12H2,1-2H3. The molecule has 0 radical (unpaired) electrons. The van der Waals surface area contributed by atoms with Crippen molar-refractivity contribution >= 4 is 22.7 Å². The number of fused-ring (bicyclic) bond motifs is 1. The number of aryl methyl sites for hydroxylation is 2. The molecule has 2 N–H and O–H groups in total. The molecule has 0 fully saturated rings. The molecular formula is C10H11ClN2O. The molecule has 1 heterocycles. The maximum absolute atomic E-state index is 6.10. The predicted molar refractivity (Wildman–Crippen MR) is 56.4 cm³/mol. The van der Waals surface area contributed by atoms with E-state index in [2.05, 4.69) is 4.98 Å². The highest BCUT2D eigenvalue weighted by Gasteiger charge is 2.11. The first kappa shape index (κ1) is 9.49. The second-order valence-corrected chi connectivity index (χ2v) is 3.67. The van der Waals surface area contributed by atoms with E-state index in [1.54, 1.807) is 0 Å². The molecule has 0 aliphatic rings. The lowest BCUT2D eigenvalue weighted by Crippen LogP contribution is -1.95. The average Bonchev–Trinajstić information content (AvgIpc) is 2.57. The number of nitrogens with zero attached hydrogens (tertiary/aromatic N) is 1. The number of rotatable bonds is 1. The fourth-order valence-electron chi connectivity index (χ4n) is 1.49. The Hall–Kier alpha value is -1.06. The first-order valence-electron chi connectivity index (χ1n) is 4.38. The normalized spacial score (nSPS) is 11.1. The molecule has 0 spiro atoms. The molecule has 0 unspecified atom stereocenters. The average molecular weight is 211 g/mol. The molecular weight excluding hydrogens is 200 g/mol. The van der Waals surface area contributed by atoms with Crippen LogP contribution in [0.3, 0.4) is 0 Å². The minimum atomic E-state index is 0.310.